The predicted molar refractivity (Wildman–Crippen MR) is 168 cm³/mol. The molecule has 1 heterocycles. The molecule has 0 aromatic heterocycles. The summed E-state index contributed by atoms with van der Waals surface area (Å²) in [6.07, 6.45) is -2.50. The highest BCUT2D eigenvalue weighted by Gasteiger charge is 2.66. The number of nitriles is 1. The molecule has 1 aliphatic carbocycles. The number of hydrogen-bond donors (Lipinski definition) is 0. The maximum atomic E-state index is 13.2. The van der Waals surface area contributed by atoms with Gasteiger partial charge in [-0.25, -0.2) is 4.79 Å². The van der Waals surface area contributed by atoms with Gasteiger partial charge in [-0.3, -0.25) is 0 Å². The van der Waals surface area contributed by atoms with Gasteiger partial charge in [0.25, 0.3) is 0 Å². The van der Waals surface area contributed by atoms with Crippen molar-refractivity contribution in [1.82, 2.24) is 0 Å². The monoisotopic (exact) mass is 601 g/mol. The van der Waals surface area contributed by atoms with Crippen LogP contribution in [-0.4, -0.2) is 43.8 Å². The molecule has 0 radical (unpaired) electrons. The van der Waals surface area contributed by atoms with Crippen molar-refractivity contribution in [2.24, 2.45) is 5.41 Å². The minimum atomic E-state index is -1.42. The number of fused-ring (bicyclic) bond motifs is 1. The fourth-order valence-corrected chi connectivity index (χ4v) is 6.41. The fraction of sp³-hybridized carbons (Fsp3) is 0.263. The Morgan fingerprint density at radius 3 is 1.91 bits per heavy atom. The van der Waals surface area contributed by atoms with Gasteiger partial charge in [0.2, 0.25) is 0 Å². The summed E-state index contributed by atoms with van der Waals surface area (Å²) in [5.41, 5.74) is 0.770. The second-order valence-corrected chi connectivity index (χ2v) is 11.8. The summed E-state index contributed by atoms with van der Waals surface area (Å²) >= 11 is 0. The average Bonchev–Trinajstić information content (AvgIpc) is 3.51. The Labute approximate surface area is 263 Å². The Morgan fingerprint density at radius 1 is 0.844 bits per heavy atom. The van der Waals surface area contributed by atoms with Crippen LogP contribution in [0.25, 0.3) is 0 Å². The smallest absolute Gasteiger partial charge is 0.338 e. The van der Waals surface area contributed by atoms with Gasteiger partial charge >= 0.3 is 5.97 Å². The molecule has 4 unspecified atom stereocenters. The molecule has 45 heavy (non-hydrogen) atoms. The van der Waals surface area contributed by atoms with Crippen molar-refractivity contribution in [1.29, 1.82) is 5.26 Å². The van der Waals surface area contributed by atoms with Gasteiger partial charge < -0.3 is 23.7 Å². The van der Waals surface area contributed by atoms with Crippen molar-refractivity contribution < 1.29 is 28.5 Å². The zero-order chi connectivity index (χ0) is 31.7. The highest BCUT2D eigenvalue weighted by molar-refractivity contribution is 5.89. The molecule has 1 aliphatic heterocycles. The van der Waals surface area contributed by atoms with Crippen molar-refractivity contribution in [3.05, 3.63) is 150 Å². The third kappa shape index (κ3) is 5.32. The number of esters is 1. The van der Waals surface area contributed by atoms with Crippen LogP contribution in [0.1, 0.15) is 40.9 Å². The number of carbonyl (C=O) groups excluding carboxylic acids is 1. The standard InChI is InChI=1S/C38H35NO6/c1-26-32(43-35(40)27-14-8-5-9-15-27)33-34(45-36(2,3)44-33)37(26,24-39)25-42-38(28-16-10-6-11-17-28,29-18-12-7-13-19-29)30-20-22-31(41-4)23-21-30/h5-23,32-34H,1,25H2,2-4H3. The predicted octanol–water partition coefficient (Wildman–Crippen LogP) is 6.83. The maximum absolute atomic E-state index is 13.2. The molecule has 4 atom stereocenters. The number of carbonyl (C=O) groups is 1. The van der Waals surface area contributed by atoms with Crippen LogP contribution in [0.3, 0.4) is 0 Å². The molecule has 1 saturated carbocycles. The molecule has 2 aliphatic rings. The van der Waals surface area contributed by atoms with Gasteiger partial charge in [0, 0.05) is 0 Å². The molecule has 0 bridgehead atoms. The van der Waals surface area contributed by atoms with Crippen LogP contribution < -0.4 is 4.74 Å². The lowest BCUT2D eigenvalue weighted by Crippen LogP contribution is -2.43. The second kappa shape index (κ2) is 12.0. The number of nitrogens with zero attached hydrogens (tertiary/aromatic N) is 1. The van der Waals surface area contributed by atoms with E-state index < -0.39 is 41.1 Å². The van der Waals surface area contributed by atoms with Crippen LogP contribution in [-0.2, 0) is 24.5 Å². The Kier molecular flexibility index (Phi) is 8.07. The fourth-order valence-electron chi connectivity index (χ4n) is 6.41. The Morgan fingerprint density at radius 2 is 1.38 bits per heavy atom. The molecule has 0 N–H and O–H groups in total. The van der Waals surface area contributed by atoms with Crippen LogP contribution in [0.15, 0.2) is 127 Å². The van der Waals surface area contributed by atoms with E-state index in [1.54, 1.807) is 45.2 Å². The Balaban J connectivity index is 1.44. The number of benzene rings is 4. The molecule has 0 amide bonds. The van der Waals surface area contributed by atoms with Gasteiger partial charge in [-0.15, -0.1) is 0 Å². The van der Waals surface area contributed by atoms with E-state index in [4.69, 9.17) is 23.7 Å². The number of ether oxygens (including phenoxy) is 5. The quantitative estimate of drug-likeness (QED) is 0.118. The van der Waals surface area contributed by atoms with E-state index in [0.717, 1.165) is 16.7 Å². The van der Waals surface area contributed by atoms with Gasteiger partial charge in [0.15, 0.2) is 11.9 Å². The van der Waals surface area contributed by atoms with Gasteiger partial charge in [0.1, 0.15) is 29.0 Å². The van der Waals surface area contributed by atoms with Crippen LogP contribution in [0.2, 0.25) is 0 Å². The molecule has 4 aromatic rings. The SMILES string of the molecule is C=C1C(OC(=O)c2ccccc2)C2OC(C)(C)OC2C1(C#N)COC(c1ccccc1)(c1ccccc1)c1ccc(OC)cc1. The average molecular weight is 602 g/mol. The van der Waals surface area contributed by atoms with Crippen molar-refractivity contribution in [2.45, 2.75) is 43.5 Å². The summed E-state index contributed by atoms with van der Waals surface area (Å²) in [7, 11) is 1.62. The molecule has 2 fully saturated rings. The lowest BCUT2D eigenvalue weighted by molar-refractivity contribution is -0.168. The largest absolute Gasteiger partial charge is 0.497 e. The number of methoxy groups -OCH3 is 1. The van der Waals surface area contributed by atoms with Crippen LogP contribution in [0, 0.1) is 16.7 Å². The molecule has 228 valence electrons. The van der Waals surface area contributed by atoms with Gasteiger partial charge in [0.05, 0.1) is 25.3 Å². The van der Waals surface area contributed by atoms with Crippen LogP contribution >= 0.6 is 0 Å². The second-order valence-electron chi connectivity index (χ2n) is 11.8. The summed E-state index contributed by atoms with van der Waals surface area (Å²) in [5.74, 6) is -0.859. The molecule has 0 spiro atoms. The molecule has 6 rings (SSSR count). The summed E-state index contributed by atoms with van der Waals surface area (Å²) in [6, 6.07) is 38.7. The number of rotatable bonds is 9. The summed E-state index contributed by atoms with van der Waals surface area (Å²) in [4.78, 5) is 13.2. The van der Waals surface area contributed by atoms with E-state index in [-0.39, 0.29) is 6.61 Å². The van der Waals surface area contributed by atoms with Gasteiger partial charge in [-0.1, -0.05) is 97.6 Å². The van der Waals surface area contributed by atoms with E-state index >= 15 is 0 Å². The first kappa shape index (κ1) is 30.3. The van der Waals surface area contributed by atoms with E-state index in [9.17, 15) is 10.1 Å². The van der Waals surface area contributed by atoms with E-state index in [2.05, 4.69) is 12.6 Å². The van der Waals surface area contributed by atoms with Gasteiger partial charge in [-0.05, 0) is 60.4 Å². The molecule has 4 aromatic carbocycles. The third-order valence-electron chi connectivity index (χ3n) is 8.65. The van der Waals surface area contributed by atoms with Crippen molar-refractivity contribution in [3.8, 4) is 11.8 Å². The zero-order valence-corrected chi connectivity index (χ0v) is 25.5. The molecule has 1 saturated heterocycles. The first-order chi connectivity index (χ1) is 21.7. The van der Waals surface area contributed by atoms with E-state index in [0.29, 0.717) is 16.9 Å². The van der Waals surface area contributed by atoms with E-state index in [1.165, 1.54) is 0 Å². The molecule has 7 nitrogen and oxygen atoms in total. The highest BCUT2D eigenvalue weighted by atomic mass is 16.8. The summed E-state index contributed by atoms with van der Waals surface area (Å²) in [6.45, 7) is 7.76. The highest BCUT2D eigenvalue weighted by Crippen LogP contribution is 2.54. The van der Waals surface area contributed by atoms with Gasteiger partial charge in [-0.2, -0.15) is 5.26 Å². The number of hydrogen-bond acceptors (Lipinski definition) is 7. The van der Waals surface area contributed by atoms with Crippen molar-refractivity contribution >= 4 is 5.97 Å². The normalized spacial score (nSPS) is 23.6. The lowest BCUT2D eigenvalue weighted by atomic mass is 9.78. The van der Waals surface area contributed by atoms with Crippen molar-refractivity contribution in [3.63, 3.8) is 0 Å². The van der Waals surface area contributed by atoms with Crippen LogP contribution in [0.5, 0.6) is 5.75 Å². The minimum absolute atomic E-state index is 0.127. The van der Waals surface area contributed by atoms with Crippen LogP contribution in [0.4, 0.5) is 0 Å². The Bertz CT molecular complexity index is 1660. The minimum Gasteiger partial charge on any atom is -0.497 e. The lowest BCUT2D eigenvalue weighted by Gasteiger charge is -2.39. The molecule has 7 heteroatoms. The molecular weight excluding hydrogens is 566 g/mol. The Hall–Kier alpha value is -4.74. The van der Waals surface area contributed by atoms with E-state index in [1.807, 2.05) is 91.0 Å². The first-order valence-electron chi connectivity index (χ1n) is 14.9. The summed E-state index contributed by atoms with van der Waals surface area (Å²) in [5, 5.41) is 11.0. The topological polar surface area (TPSA) is 87.0 Å². The third-order valence-corrected chi connectivity index (χ3v) is 8.65. The van der Waals surface area contributed by atoms with Crippen molar-refractivity contribution in [2.75, 3.05) is 13.7 Å². The summed E-state index contributed by atoms with van der Waals surface area (Å²) < 4.78 is 31.3. The maximum Gasteiger partial charge on any atom is 0.338 e. The zero-order valence-electron chi connectivity index (χ0n) is 25.5. The molecular formula is C38H35NO6. The first-order valence-corrected chi connectivity index (χ1v) is 14.9.